The number of hydrazone groups is 1. The lowest BCUT2D eigenvalue weighted by atomic mass is 10.1. The Morgan fingerprint density at radius 2 is 1.72 bits per heavy atom. The first-order chi connectivity index (χ1) is 14.1. The van der Waals surface area contributed by atoms with Gasteiger partial charge in [-0.25, -0.2) is 5.43 Å². The van der Waals surface area contributed by atoms with E-state index in [-0.39, 0.29) is 11.5 Å². The fourth-order valence-electron chi connectivity index (χ4n) is 2.43. The van der Waals surface area contributed by atoms with Gasteiger partial charge in [-0.05, 0) is 42.0 Å². The molecular weight excluding hydrogens is 432 g/mol. The van der Waals surface area contributed by atoms with Crippen LogP contribution in [0.25, 0.3) is 6.08 Å². The third kappa shape index (κ3) is 5.95. The van der Waals surface area contributed by atoms with E-state index in [2.05, 4.69) is 36.8 Å². The number of nitrogens with zero attached hydrogens (tertiary/aromatic N) is 2. The summed E-state index contributed by atoms with van der Waals surface area (Å²) >= 11 is 3.34. The number of halogens is 1. The van der Waals surface area contributed by atoms with E-state index in [0.717, 1.165) is 5.56 Å². The summed E-state index contributed by atoms with van der Waals surface area (Å²) in [5, 5.41) is 6.67. The van der Waals surface area contributed by atoms with Crippen LogP contribution in [0.2, 0.25) is 0 Å². The van der Waals surface area contributed by atoms with Crippen LogP contribution in [0, 0.1) is 0 Å². The first-order valence-electron chi connectivity index (χ1n) is 8.69. The van der Waals surface area contributed by atoms with E-state index >= 15 is 0 Å². The van der Waals surface area contributed by atoms with Gasteiger partial charge < -0.3 is 5.32 Å². The minimum atomic E-state index is -0.444. The van der Waals surface area contributed by atoms with E-state index in [1.807, 2.05) is 36.4 Å². The van der Waals surface area contributed by atoms with Crippen molar-refractivity contribution in [3.05, 3.63) is 100 Å². The van der Waals surface area contributed by atoms with Gasteiger partial charge in [-0.3, -0.25) is 14.6 Å². The van der Waals surface area contributed by atoms with Crippen molar-refractivity contribution in [1.82, 2.24) is 10.4 Å². The number of carbonyl (C=O) groups excluding carboxylic acids is 2. The lowest BCUT2D eigenvalue weighted by molar-refractivity contribution is 0.0956. The number of pyridine rings is 1. The maximum absolute atomic E-state index is 12.5. The van der Waals surface area contributed by atoms with Crippen LogP contribution in [0.1, 0.15) is 26.3 Å². The normalized spacial score (nSPS) is 10.9. The summed E-state index contributed by atoms with van der Waals surface area (Å²) in [6.45, 7) is 0. The van der Waals surface area contributed by atoms with Gasteiger partial charge in [0.15, 0.2) is 0 Å². The number of benzene rings is 2. The van der Waals surface area contributed by atoms with Crippen LogP contribution in [0.4, 0.5) is 5.69 Å². The molecule has 7 heteroatoms. The molecule has 1 aromatic heterocycles. The summed E-state index contributed by atoms with van der Waals surface area (Å²) in [5.74, 6) is -0.779. The third-order valence-electron chi connectivity index (χ3n) is 3.83. The SMILES string of the molecule is O=C(Nc1ccc(Br)cc1C(=O)NN=CC=Cc1ccccc1)c1ccncc1. The van der Waals surface area contributed by atoms with Gasteiger partial charge in [0, 0.05) is 28.6 Å². The van der Waals surface area contributed by atoms with Crippen molar-refractivity contribution in [1.29, 1.82) is 0 Å². The van der Waals surface area contributed by atoms with Crippen molar-refractivity contribution in [2.75, 3.05) is 5.32 Å². The van der Waals surface area contributed by atoms with Crippen molar-refractivity contribution < 1.29 is 9.59 Å². The summed E-state index contributed by atoms with van der Waals surface area (Å²) < 4.78 is 0.706. The highest BCUT2D eigenvalue weighted by atomic mass is 79.9. The zero-order chi connectivity index (χ0) is 20.5. The van der Waals surface area contributed by atoms with Gasteiger partial charge in [-0.2, -0.15) is 5.10 Å². The molecule has 2 aromatic carbocycles. The van der Waals surface area contributed by atoms with Crippen molar-refractivity contribution >= 4 is 45.7 Å². The van der Waals surface area contributed by atoms with Crippen LogP contribution >= 0.6 is 15.9 Å². The molecule has 0 aliphatic heterocycles. The quantitative estimate of drug-likeness (QED) is 0.429. The molecule has 0 saturated heterocycles. The predicted octanol–water partition coefficient (Wildman–Crippen LogP) is 4.53. The molecule has 1 heterocycles. The molecular formula is C22H17BrN4O2. The monoisotopic (exact) mass is 448 g/mol. The Morgan fingerprint density at radius 3 is 2.48 bits per heavy atom. The number of aromatic nitrogens is 1. The topological polar surface area (TPSA) is 83.5 Å². The summed E-state index contributed by atoms with van der Waals surface area (Å²) in [7, 11) is 0. The van der Waals surface area contributed by atoms with Gasteiger partial charge in [0.2, 0.25) is 0 Å². The smallest absolute Gasteiger partial charge is 0.273 e. The molecule has 0 spiro atoms. The summed E-state index contributed by atoms with van der Waals surface area (Å²) in [6.07, 6.45) is 8.14. The number of rotatable bonds is 6. The van der Waals surface area contributed by atoms with Crippen LogP contribution in [0.15, 0.2) is 88.7 Å². The average molecular weight is 449 g/mol. The second-order valence-corrected chi connectivity index (χ2v) is 6.78. The number of hydrogen-bond acceptors (Lipinski definition) is 4. The molecule has 2 amide bonds. The Kier molecular flexibility index (Phi) is 7.02. The van der Waals surface area contributed by atoms with Crippen molar-refractivity contribution in [3.8, 4) is 0 Å². The molecule has 0 saturated carbocycles. The van der Waals surface area contributed by atoms with Gasteiger partial charge in [0.05, 0.1) is 11.3 Å². The molecule has 3 aromatic rings. The van der Waals surface area contributed by atoms with Gasteiger partial charge >= 0.3 is 0 Å². The number of nitrogens with one attached hydrogen (secondary N) is 2. The van der Waals surface area contributed by atoms with Gasteiger partial charge in [-0.1, -0.05) is 52.3 Å². The Balaban J connectivity index is 1.68. The molecule has 144 valence electrons. The molecule has 0 atom stereocenters. The molecule has 0 radical (unpaired) electrons. The predicted molar refractivity (Wildman–Crippen MR) is 118 cm³/mol. The Morgan fingerprint density at radius 1 is 0.966 bits per heavy atom. The van der Waals surface area contributed by atoms with Crippen LogP contribution in [0.5, 0.6) is 0 Å². The minimum absolute atomic E-state index is 0.283. The van der Waals surface area contributed by atoms with Gasteiger partial charge in [0.25, 0.3) is 11.8 Å². The molecule has 0 bridgehead atoms. The Bertz CT molecular complexity index is 1050. The number of hydrogen-bond donors (Lipinski definition) is 2. The van der Waals surface area contributed by atoms with Crippen molar-refractivity contribution in [3.63, 3.8) is 0 Å². The number of carbonyl (C=O) groups is 2. The third-order valence-corrected chi connectivity index (χ3v) is 4.33. The van der Waals surface area contributed by atoms with Crippen molar-refractivity contribution in [2.24, 2.45) is 5.10 Å². The molecule has 3 rings (SSSR count). The summed E-state index contributed by atoms with van der Waals surface area (Å²) in [6, 6.07) is 17.9. The molecule has 0 unspecified atom stereocenters. The van der Waals surface area contributed by atoms with E-state index in [1.54, 1.807) is 36.4 Å². The highest BCUT2D eigenvalue weighted by Crippen LogP contribution is 2.22. The molecule has 0 aliphatic carbocycles. The minimum Gasteiger partial charge on any atom is -0.321 e. The fraction of sp³-hybridized carbons (Fsp3) is 0. The average Bonchev–Trinajstić information content (AvgIpc) is 2.76. The van der Waals surface area contributed by atoms with Gasteiger partial charge in [0.1, 0.15) is 0 Å². The number of amides is 2. The van der Waals surface area contributed by atoms with Gasteiger partial charge in [-0.15, -0.1) is 0 Å². The van der Waals surface area contributed by atoms with E-state index in [0.29, 0.717) is 15.7 Å². The Labute approximate surface area is 176 Å². The molecule has 2 N–H and O–H groups in total. The summed E-state index contributed by atoms with van der Waals surface area (Å²) in [5.41, 5.74) is 4.59. The first kappa shape index (κ1) is 20.2. The van der Waals surface area contributed by atoms with Crippen molar-refractivity contribution in [2.45, 2.75) is 0 Å². The Hall–Kier alpha value is -3.58. The lowest BCUT2D eigenvalue weighted by Crippen LogP contribution is -2.21. The molecule has 6 nitrogen and oxygen atoms in total. The maximum atomic E-state index is 12.5. The molecule has 0 aliphatic rings. The zero-order valence-electron chi connectivity index (χ0n) is 15.2. The number of anilines is 1. The fourth-order valence-corrected chi connectivity index (χ4v) is 2.79. The van der Waals surface area contributed by atoms with Crippen LogP contribution in [0.3, 0.4) is 0 Å². The number of allylic oxidation sites excluding steroid dienone is 1. The van der Waals surface area contributed by atoms with Crippen LogP contribution in [-0.4, -0.2) is 23.0 Å². The maximum Gasteiger partial charge on any atom is 0.273 e. The highest BCUT2D eigenvalue weighted by molar-refractivity contribution is 9.10. The second kappa shape index (κ2) is 10.1. The largest absolute Gasteiger partial charge is 0.321 e. The molecule has 0 fully saturated rings. The highest BCUT2D eigenvalue weighted by Gasteiger charge is 2.14. The van der Waals surface area contributed by atoms with Crippen LogP contribution in [-0.2, 0) is 0 Å². The van der Waals surface area contributed by atoms with E-state index in [9.17, 15) is 9.59 Å². The van der Waals surface area contributed by atoms with E-state index in [1.165, 1.54) is 18.6 Å². The lowest BCUT2D eigenvalue weighted by Gasteiger charge is -2.10. The van der Waals surface area contributed by atoms with Crippen LogP contribution < -0.4 is 10.7 Å². The standard InChI is InChI=1S/C22H17BrN4O2/c23-18-8-9-20(26-21(28)17-10-13-24-14-11-17)19(15-18)22(29)27-25-12-4-7-16-5-2-1-3-6-16/h1-15H,(H,26,28)(H,27,29). The molecule has 29 heavy (non-hydrogen) atoms. The zero-order valence-corrected chi connectivity index (χ0v) is 16.8. The summed E-state index contributed by atoms with van der Waals surface area (Å²) in [4.78, 5) is 28.8. The first-order valence-corrected chi connectivity index (χ1v) is 9.49. The van der Waals surface area contributed by atoms with E-state index < -0.39 is 5.91 Å². The second-order valence-electron chi connectivity index (χ2n) is 5.87. The van der Waals surface area contributed by atoms with E-state index in [4.69, 9.17) is 0 Å².